The van der Waals surface area contributed by atoms with Crippen molar-refractivity contribution in [3.05, 3.63) is 0 Å². The molecule has 2 unspecified atom stereocenters. The molecule has 0 aliphatic carbocycles. The summed E-state index contributed by atoms with van der Waals surface area (Å²) in [5, 5.41) is 4.22. The Balaban J connectivity index is 2.64. The van der Waals surface area contributed by atoms with Crippen molar-refractivity contribution >= 4 is 5.71 Å². The average molecular weight is 198 g/mol. The topological polar surface area (TPSA) is 24.8 Å². The van der Waals surface area contributed by atoms with Crippen LogP contribution >= 0.6 is 0 Å². The van der Waals surface area contributed by atoms with Crippen LogP contribution in [-0.4, -0.2) is 36.3 Å². The minimum absolute atomic E-state index is 0.501. The van der Waals surface area contributed by atoms with Crippen LogP contribution in [0.25, 0.3) is 0 Å². The van der Waals surface area contributed by atoms with Gasteiger partial charge in [0.05, 0.1) is 11.8 Å². The fraction of sp³-hybridized carbons (Fsp3) is 0.909. The molecule has 0 N–H and O–H groups in total. The molecule has 14 heavy (non-hydrogen) atoms. The van der Waals surface area contributed by atoms with Gasteiger partial charge in [-0.05, 0) is 27.3 Å². The zero-order chi connectivity index (χ0) is 10.6. The summed E-state index contributed by atoms with van der Waals surface area (Å²) in [4.78, 5) is 7.56. The van der Waals surface area contributed by atoms with Crippen LogP contribution in [0, 0.1) is 0 Å². The molecule has 1 heterocycles. The van der Waals surface area contributed by atoms with Crippen molar-refractivity contribution in [2.45, 2.75) is 52.1 Å². The third-order valence-electron chi connectivity index (χ3n) is 2.95. The number of hydrogen-bond acceptors (Lipinski definition) is 3. The summed E-state index contributed by atoms with van der Waals surface area (Å²) in [6.07, 6.45) is 3.45. The van der Waals surface area contributed by atoms with Gasteiger partial charge >= 0.3 is 0 Å². The number of oxime groups is 1. The highest BCUT2D eigenvalue weighted by atomic mass is 16.6. The smallest absolute Gasteiger partial charge is 0.114 e. The van der Waals surface area contributed by atoms with Gasteiger partial charge in [0, 0.05) is 12.5 Å². The second-order valence-electron chi connectivity index (χ2n) is 4.02. The highest BCUT2D eigenvalue weighted by molar-refractivity contribution is 5.91. The summed E-state index contributed by atoms with van der Waals surface area (Å²) in [5.74, 6) is 0. The lowest BCUT2D eigenvalue weighted by molar-refractivity contribution is 0.156. The van der Waals surface area contributed by atoms with Gasteiger partial charge in [-0.2, -0.15) is 0 Å². The van der Waals surface area contributed by atoms with E-state index in [0.29, 0.717) is 18.7 Å². The number of rotatable bonds is 4. The number of hydrogen-bond donors (Lipinski definition) is 0. The Labute approximate surface area is 87.1 Å². The van der Waals surface area contributed by atoms with E-state index in [4.69, 9.17) is 4.84 Å². The highest BCUT2D eigenvalue weighted by Crippen LogP contribution is 2.23. The Hall–Kier alpha value is -0.570. The van der Waals surface area contributed by atoms with Crippen LogP contribution < -0.4 is 0 Å². The quantitative estimate of drug-likeness (QED) is 0.647. The van der Waals surface area contributed by atoms with Crippen molar-refractivity contribution in [1.82, 2.24) is 4.90 Å². The zero-order valence-electron chi connectivity index (χ0n) is 9.79. The second kappa shape index (κ2) is 5.35. The Morgan fingerprint density at radius 1 is 1.50 bits per heavy atom. The average Bonchev–Trinajstić information content (AvgIpc) is 2.43. The van der Waals surface area contributed by atoms with E-state index in [2.05, 4.69) is 31.0 Å². The van der Waals surface area contributed by atoms with Crippen molar-refractivity contribution in [1.29, 1.82) is 0 Å². The van der Waals surface area contributed by atoms with Gasteiger partial charge in [-0.25, -0.2) is 0 Å². The second-order valence-corrected chi connectivity index (χ2v) is 4.02. The highest BCUT2D eigenvalue weighted by Gasteiger charge is 2.32. The van der Waals surface area contributed by atoms with E-state index in [1.165, 1.54) is 18.6 Å². The number of nitrogens with zero attached hydrogens (tertiary/aromatic N) is 2. The molecule has 82 valence electrons. The molecule has 1 saturated heterocycles. The zero-order valence-corrected chi connectivity index (χ0v) is 9.79. The molecule has 0 aromatic carbocycles. The molecule has 3 nitrogen and oxygen atoms in total. The molecule has 0 aromatic rings. The van der Waals surface area contributed by atoms with Crippen LogP contribution in [0.5, 0.6) is 0 Å². The molecule has 0 radical (unpaired) electrons. The molecule has 0 aromatic heterocycles. The SMILES string of the molecule is CCCC1/C(=N\OCC)CC(C)N1C. The first-order chi connectivity index (χ1) is 6.70. The van der Waals surface area contributed by atoms with Crippen molar-refractivity contribution < 1.29 is 4.84 Å². The Morgan fingerprint density at radius 3 is 2.79 bits per heavy atom. The van der Waals surface area contributed by atoms with E-state index in [9.17, 15) is 0 Å². The normalized spacial score (nSPS) is 31.3. The van der Waals surface area contributed by atoms with Crippen LogP contribution in [-0.2, 0) is 4.84 Å². The van der Waals surface area contributed by atoms with Gasteiger partial charge in [0.25, 0.3) is 0 Å². The maximum atomic E-state index is 5.15. The maximum absolute atomic E-state index is 5.15. The molecule has 0 bridgehead atoms. The third-order valence-corrected chi connectivity index (χ3v) is 2.95. The van der Waals surface area contributed by atoms with Crippen LogP contribution in [0.2, 0.25) is 0 Å². The largest absolute Gasteiger partial charge is 0.396 e. The minimum Gasteiger partial charge on any atom is -0.396 e. The summed E-state index contributed by atoms with van der Waals surface area (Å²) in [6.45, 7) is 7.10. The van der Waals surface area contributed by atoms with Gasteiger partial charge in [0.1, 0.15) is 6.61 Å². The van der Waals surface area contributed by atoms with E-state index in [-0.39, 0.29) is 0 Å². The third kappa shape index (κ3) is 2.47. The van der Waals surface area contributed by atoms with Crippen LogP contribution in [0.4, 0.5) is 0 Å². The maximum Gasteiger partial charge on any atom is 0.114 e. The van der Waals surface area contributed by atoms with Crippen LogP contribution in [0.3, 0.4) is 0 Å². The minimum atomic E-state index is 0.501. The standard InChI is InChI=1S/C11H22N2O/c1-5-7-11-10(12-14-6-2)8-9(3)13(11)4/h9,11H,5-8H2,1-4H3/b12-10-. The Bertz CT molecular complexity index is 203. The fourth-order valence-corrected chi connectivity index (χ4v) is 2.01. The molecular formula is C11H22N2O. The van der Waals surface area contributed by atoms with Gasteiger partial charge < -0.3 is 4.84 Å². The predicted molar refractivity (Wildman–Crippen MR) is 59.6 cm³/mol. The fourth-order valence-electron chi connectivity index (χ4n) is 2.01. The van der Waals surface area contributed by atoms with E-state index in [0.717, 1.165) is 6.42 Å². The lowest BCUT2D eigenvalue weighted by atomic mass is 10.1. The molecule has 2 atom stereocenters. The van der Waals surface area contributed by atoms with Crippen molar-refractivity contribution in [2.75, 3.05) is 13.7 Å². The molecule has 1 rings (SSSR count). The summed E-state index contributed by atoms with van der Waals surface area (Å²) >= 11 is 0. The van der Waals surface area contributed by atoms with E-state index in [1.807, 2.05) is 6.92 Å². The van der Waals surface area contributed by atoms with E-state index >= 15 is 0 Å². The summed E-state index contributed by atoms with van der Waals surface area (Å²) in [5.41, 5.74) is 1.23. The van der Waals surface area contributed by atoms with Gasteiger partial charge in [0.2, 0.25) is 0 Å². The first kappa shape index (κ1) is 11.5. The van der Waals surface area contributed by atoms with E-state index < -0.39 is 0 Å². The predicted octanol–water partition coefficient (Wildman–Crippen LogP) is 2.27. The summed E-state index contributed by atoms with van der Waals surface area (Å²) in [6, 6.07) is 1.10. The van der Waals surface area contributed by atoms with Gasteiger partial charge in [-0.1, -0.05) is 18.5 Å². The molecule has 0 amide bonds. The van der Waals surface area contributed by atoms with Gasteiger partial charge in [-0.15, -0.1) is 0 Å². The lowest BCUT2D eigenvalue weighted by Crippen LogP contribution is -2.32. The Morgan fingerprint density at radius 2 is 2.21 bits per heavy atom. The van der Waals surface area contributed by atoms with Gasteiger partial charge in [-0.3, -0.25) is 4.90 Å². The monoisotopic (exact) mass is 198 g/mol. The molecule has 0 spiro atoms. The molecule has 3 heteroatoms. The molecule has 0 saturated carbocycles. The molecular weight excluding hydrogens is 176 g/mol. The van der Waals surface area contributed by atoms with Crippen molar-refractivity contribution in [3.8, 4) is 0 Å². The molecule has 1 aliphatic heterocycles. The molecule has 1 fully saturated rings. The van der Waals surface area contributed by atoms with Crippen molar-refractivity contribution in [3.63, 3.8) is 0 Å². The first-order valence-corrected chi connectivity index (χ1v) is 5.61. The van der Waals surface area contributed by atoms with Crippen molar-refractivity contribution in [2.24, 2.45) is 5.16 Å². The lowest BCUT2D eigenvalue weighted by Gasteiger charge is -2.22. The number of likely N-dealkylation sites (tertiary alicyclic amines) is 1. The van der Waals surface area contributed by atoms with Crippen LogP contribution in [0.15, 0.2) is 5.16 Å². The first-order valence-electron chi connectivity index (χ1n) is 5.61. The van der Waals surface area contributed by atoms with Crippen LogP contribution in [0.1, 0.15) is 40.0 Å². The molecule has 1 aliphatic rings. The summed E-state index contributed by atoms with van der Waals surface area (Å²) in [7, 11) is 2.18. The van der Waals surface area contributed by atoms with Gasteiger partial charge in [0.15, 0.2) is 0 Å². The Kier molecular flexibility index (Phi) is 4.39. The summed E-state index contributed by atoms with van der Waals surface area (Å²) < 4.78 is 0. The van der Waals surface area contributed by atoms with E-state index in [1.54, 1.807) is 0 Å².